The zero-order valence-corrected chi connectivity index (χ0v) is 19.3. The molecule has 1 heterocycles. The summed E-state index contributed by atoms with van der Waals surface area (Å²) in [5, 5.41) is 7.49. The van der Waals surface area contributed by atoms with Gasteiger partial charge in [-0.15, -0.1) is 0 Å². The van der Waals surface area contributed by atoms with Crippen molar-refractivity contribution in [3.63, 3.8) is 0 Å². The van der Waals surface area contributed by atoms with Crippen molar-refractivity contribution in [3.05, 3.63) is 59.3 Å². The fourth-order valence-electron chi connectivity index (χ4n) is 4.15. The van der Waals surface area contributed by atoms with Crippen molar-refractivity contribution in [3.8, 4) is 28.4 Å². The number of para-hydroxylation sites is 1. The van der Waals surface area contributed by atoms with Gasteiger partial charge in [0.25, 0.3) is 5.91 Å². The minimum atomic E-state index is -0.774. The number of nitrogens with zero attached hydrogens (tertiary/aromatic N) is 2. The maximum absolute atomic E-state index is 13.3. The van der Waals surface area contributed by atoms with Crippen LogP contribution < -0.4 is 14.8 Å². The van der Waals surface area contributed by atoms with Crippen LogP contribution in [0.2, 0.25) is 0 Å². The predicted molar refractivity (Wildman–Crippen MR) is 123 cm³/mol. The normalized spacial score (nSPS) is 12.7. The highest BCUT2D eigenvalue weighted by Crippen LogP contribution is 2.44. The number of methoxy groups -OCH3 is 3. The van der Waals surface area contributed by atoms with E-state index in [4.69, 9.17) is 14.2 Å². The van der Waals surface area contributed by atoms with Gasteiger partial charge in [-0.05, 0) is 35.7 Å². The molecule has 0 bridgehead atoms. The van der Waals surface area contributed by atoms with Gasteiger partial charge in [0.05, 0.1) is 32.7 Å². The number of hydrogen-bond donors (Lipinski definition) is 1. The topological polar surface area (TPSA) is 91.7 Å². The van der Waals surface area contributed by atoms with E-state index in [-0.39, 0.29) is 11.6 Å². The molecule has 0 fully saturated rings. The van der Waals surface area contributed by atoms with Crippen LogP contribution in [-0.2, 0) is 16.0 Å². The molecular weight excluding hydrogens is 422 g/mol. The Morgan fingerprint density at radius 3 is 2.30 bits per heavy atom. The number of ether oxygens (including phenoxy) is 3. The maximum Gasteiger partial charge on any atom is 0.328 e. The van der Waals surface area contributed by atoms with Crippen molar-refractivity contribution < 1.29 is 23.8 Å². The molecule has 4 rings (SSSR count). The monoisotopic (exact) mass is 449 g/mol. The van der Waals surface area contributed by atoms with Crippen LogP contribution in [0.3, 0.4) is 0 Å². The number of carbonyl (C=O) groups excluding carboxylic acids is 2. The molecule has 8 nitrogen and oxygen atoms in total. The molecule has 0 saturated carbocycles. The maximum atomic E-state index is 13.3. The van der Waals surface area contributed by atoms with Gasteiger partial charge in [-0.2, -0.15) is 5.10 Å². The molecule has 1 atom stereocenters. The quantitative estimate of drug-likeness (QED) is 0.435. The van der Waals surface area contributed by atoms with E-state index in [0.717, 1.165) is 28.1 Å². The minimum absolute atomic E-state index is 0.142. The Balaban J connectivity index is 1.84. The zero-order valence-electron chi connectivity index (χ0n) is 19.3. The summed E-state index contributed by atoms with van der Waals surface area (Å²) in [7, 11) is 4.49. The summed E-state index contributed by atoms with van der Waals surface area (Å²) in [6, 6.07) is 12.7. The molecule has 0 radical (unpaired) electrons. The van der Waals surface area contributed by atoms with Crippen LogP contribution in [0.1, 0.15) is 35.5 Å². The Kier molecular flexibility index (Phi) is 6.09. The first-order valence-corrected chi connectivity index (χ1v) is 10.7. The van der Waals surface area contributed by atoms with E-state index in [1.807, 2.05) is 56.3 Å². The van der Waals surface area contributed by atoms with Gasteiger partial charge in [0.2, 0.25) is 0 Å². The molecule has 1 aromatic heterocycles. The first kappa shape index (κ1) is 22.4. The number of fused-ring (bicyclic) bond motifs is 3. The second-order valence-electron chi connectivity index (χ2n) is 8.18. The van der Waals surface area contributed by atoms with Gasteiger partial charge >= 0.3 is 5.97 Å². The summed E-state index contributed by atoms with van der Waals surface area (Å²) in [5.74, 6) is 0.169. The lowest BCUT2D eigenvalue weighted by Gasteiger charge is -2.19. The molecule has 1 aliphatic rings. The average Bonchev–Trinajstić information content (AvgIpc) is 3.38. The molecule has 1 amide bonds. The van der Waals surface area contributed by atoms with Crippen LogP contribution in [0.25, 0.3) is 16.9 Å². The van der Waals surface area contributed by atoms with E-state index in [0.29, 0.717) is 17.9 Å². The summed E-state index contributed by atoms with van der Waals surface area (Å²) in [5.41, 5.74) is 4.63. The lowest BCUT2D eigenvalue weighted by atomic mass is 10.0. The highest BCUT2D eigenvalue weighted by Gasteiger charge is 2.34. The summed E-state index contributed by atoms with van der Waals surface area (Å²) in [6.07, 6.45) is 0.505. The Morgan fingerprint density at radius 2 is 1.70 bits per heavy atom. The number of amides is 1. The molecule has 0 spiro atoms. The van der Waals surface area contributed by atoms with Crippen LogP contribution in [0.5, 0.6) is 11.5 Å². The molecule has 0 aliphatic heterocycles. The molecule has 172 valence electrons. The first-order valence-electron chi connectivity index (χ1n) is 10.7. The van der Waals surface area contributed by atoms with Crippen molar-refractivity contribution in [1.82, 2.24) is 15.1 Å². The van der Waals surface area contributed by atoms with Gasteiger partial charge in [0.15, 0.2) is 17.2 Å². The van der Waals surface area contributed by atoms with E-state index >= 15 is 0 Å². The van der Waals surface area contributed by atoms with Crippen LogP contribution in [-0.4, -0.2) is 49.0 Å². The van der Waals surface area contributed by atoms with Crippen molar-refractivity contribution >= 4 is 11.9 Å². The summed E-state index contributed by atoms with van der Waals surface area (Å²) >= 11 is 0. The molecule has 33 heavy (non-hydrogen) atoms. The number of esters is 1. The summed E-state index contributed by atoms with van der Waals surface area (Å²) in [4.78, 5) is 25.5. The third-order valence-electron chi connectivity index (χ3n) is 5.84. The van der Waals surface area contributed by atoms with E-state index in [2.05, 4.69) is 10.4 Å². The van der Waals surface area contributed by atoms with Gasteiger partial charge in [-0.25, -0.2) is 9.48 Å². The van der Waals surface area contributed by atoms with Crippen molar-refractivity contribution in [2.24, 2.45) is 5.92 Å². The number of rotatable bonds is 7. The minimum Gasteiger partial charge on any atom is -0.493 e. The first-order chi connectivity index (χ1) is 15.9. The molecule has 2 aromatic carbocycles. The number of carbonyl (C=O) groups is 2. The SMILES string of the molecule is COC(=O)[C@@H](NC(=O)c1nn(-c2ccccc2)c2c1Cc1cc(OC)c(OC)cc1-2)C(C)C. The fourth-order valence-corrected chi connectivity index (χ4v) is 4.15. The molecule has 0 saturated heterocycles. The molecule has 3 aromatic rings. The summed E-state index contributed by atoms with van der Waals surface area (Å²) in [6.45, 7) is 3.70. The lowest BCUT2D eigenvalue weighted by Crippen LogP contribution is -2.45. The Labute approximate surface area is 192 Å². The van der Waals surface area contributed by atoms with Crippen LogP contribution in [0.4, 0.5) is 0 Å². The highest BCUT2D eigenvalue weighted by atomic mass is 16.5. The van der Waals surface area contributed by atoms with Crippen LogP contribution >= 0.6 is 0 Å². The van der Waals surface area contributed by atoms with Gasteiger partial charge in [0, 0.05) is 17.5 Å². The van der Waals surface area contributed by atoms with Crippen LogP contribution in [0, 0.1) is 5.92 Å². The number of benzene rings is 2. The molecule has 1 N–H and O–H groups in total. The molecular formula is C25H27N3O5. The van der Waals surface area contributed by atoms with Gasteiger partial charge < -0.3 is 19.5 Å². The van der Waals surface area contributed by atoms with Crippen LogP contribution in [0.15, 0.2) is 42.5 Å². The third-order valence-corrected chi connectivity index (χ3v) is 5.84. The standard InChI is InChI=1S/C25H27N3O5/c1-14(2)21(25(30)33-5)26-24(29)22-18-11-15-12-19(31-3)20(32-4)13-17(15)23(18)28(27-22)16-9-7-6-8-10-16/h6-10,12-14,21H,11H2,1-5H3,(H,26,29)/t21-/m0/s1. The predicted octanol–water partition coefficient (Wildman–Crippen LogP) is 3.39. The van der Waals surface area contributed by atoms with Gasteiger partial charge in [-0.1, -0.05) is 32.0 Å². The van der Waals surface area contributed by atoms with E-state index in [9.17, 15) is 9.59 Å². The number of aromatic nitrogens is 2. The van der Waals surface area contributed by atoms with Crippen molar-refractivity contribution in [1.29, 1.82) is 0 Å². The van der Waals surface area contributed by atoms with Gasteiger partial charge in [-0.3, -0.25) is 4.79 Å². The van der Waals surface area contributed by atoms with Crippen molar-refractivity contribution in [2.45, 2.75) is 26.3 Å². The Hall–Kier alpha value is -3.81. The lowest BCUT2D eigenvalue weighted by molar-refractivity contribution is -0.144. The second kappa shape index (κ2) is 8.97. The second-order valence-corrected chi connectivity index (χ2v) is 8.18. The highest BCUT2D eigenvalue weighted by molar-refractivity contribution is 5.99. The summed E-state index contributed by atoms with van der Waals surface area (Å²) < 4.78 is 17.6. The van der Waals surface area contributed by atoms with Crippen molar-refractivity contribution in [2.75, 3.05) is 21.3 Å². The van der Waals surface area contributed by atoms with Gasteiger partial charge in [0.1, 0.15) is 6.04 Å². The van der Waals surface area contributed by atoms with E-state index in [1.165, 1.54) is 7.11 Å². The zero-order chi connectivity index (χ0) is 23.7. The molecule has 0 unspecified atom stereocenters. The van der Waals surface area contributed by atoms with E-state index < -0.39 is 17.9 Å². The average molecular weight is 450 g/mol. The number of hydrogen-bond acceptors (Lipinski definition) is 6. The Morgan fingerprint density at radius 1 is 1.03 bits per heavy atom. The largest absolute Gasteiger partial charge is 0.493 e. The van der Waals surface area contributed by atoms with E-state index in [1.54, 1.807) is 18.9 Å². The third kappa shape index (κ3) is 3.92. The smallest absolute Gasteiger partial charge is 0.328 e. The Bertz CT molecular complexity index is 1200. The molecule has 8 heteroatoms. The number of nitrogens with one attached hydrogen (secondary N) is 1. The fraction of sp³-hybridized carbons (Fsp3) is 0.320. The molecule has 1 aliphatic carbocycles.